The molecule has 35 heavy (non-hydrogen) atoms. The van der Waals surface area contributed by atoms with Gasteiger partial charge in [-0.25, -0.2) is 4.39 Å². The summed E-state index contributed by atoms with van der Waals surface area (Å²) in [4.78, 5) is 16.2. The molecule has 8 heteroatoms. The third-order valence-electron chi connectivity index (χ3n) is 6.82. The second-order valence-electron chi connectivity index (χ2n) is 9.39. The van der Waals surface area contributed by atoms with Crippen molar-refractivity contribution in [3.8, 4) is 0 Å². The van der Waals surface area contributed by atoms with Crippen LogP contribution in [-0.2, 0) is 22.2 Å². The first-order valence-corrected chi connectivity index (χ1v) is 11.4. The average Bonchev–Trinajstić information content (AvgIpc) is 3.27. The molecule has 1 aliphatic carbocycles. The van der Waals surface area contributed by atoms with Gasteiger partial charge in [-0.3, -0.25) is 9.89 Å². The summed E-state index contributed by atoms with van der Waals surface area (Å²) in [5.41, 5.74) is 3.86. The monoisotopic (exact) mass is 517 g/mol. The molecule has 1 fully saturated rings. The van der Waals surface area contributed by atoms with Crippen LogP contribution in [0.25, 0.3) is 10.9 Å². The number of aromatic amines is 1. The number of carboxylic acids is 1. The first kappa shape index (κ1) is 28.4. The molecule has 5 rings (SSSR count). The molecule has 3 aromatic rings. The Bertz CT molecular complexity index is 1140. The fourth-order valence-electron chi connectivity index (χ4n) is 5.31. The smallest absolute Gasteiger partial charge is 0.306 e. The fraction of sp³-hybridized carbons (Fsp3) is 0.370. The molecule has 0 unspecified atom stereocenters. The Morgan fingerprint density at radius 3 is 2.34 bits per heavy atom. The van der Waals surface area contributed by atoms with E-state index in [0.29, 0.717) is 18.9 Å². The third-order valence-corrected chi connectivity index (χ3v) is 6.82. The Balaban J connectivity index is 0.00000105. The zero-order chi connectivity index (χ0) is 23.8. The summed E-state index contributed by atoms with van der Waals surface area (Å²) in [6.07, 6.45) is 4.97. The van der Waals surface area contributed by atoms with E-state index < -0.39 is 5.97 Å². The van der Waals surface area contributed by atoms with Crippen LogP contribution in [0.15, 0.2) is 55.8 Å². The van der Waals surface area contributed by atoms with Crippen molar-refractivity contribution in [2.75, 3.05) is 16.3 Å². The summed E-state index contributed by atoms with van der Waals surface area (Å²) in [5.74, 6) is -1.17. The van der Waals surface area contributed by atoms with Gasteiger partial charge in [0.05, 0.1) is 34.5 Å². The zero-order valence-electron chi connectivity index (χ0n) is 20.6. The topological polar surface area (TPSA) is 72.5 Å². The summed E-state index contributed by atoms with van der Waals surface area (Å²) >= 11 is 0. The van der Waals surface area contributed by atoms with E-state index in [1.807, 2.05) is 18.3 Å². The summed E-state index contributed by atoms with van der Waals surface area (Å²) in [5, 5.41) is 17.7. The number of aromatic nitrogens is 2. The van der Waals surface area contributed by atoms with E-state index in [0.717, 1.165) is 47.4 Å². The molecule has 0 spiro atoms. The molecule has 0 atom stereocenters. The predicted octanol–water partition coefficient (Wildman–Crippen LogP) is 6.33. The van der Waals surface area contributed by atoms with Gasteiger partial charge in [-0.05, 0) is 75.9 Å². The van der Waals surface area contributed by atoms with E-state index in [4.69, 9.17) is 0 Å². The molecule has 2 heterocycles. The van der Waals surface area contributed by atoms with Gasteiger partial charge in [0, 0.05) is 41.0 Å². The SMILES string of the molecule is C=C.CC1(C)CN(C2CCC(C(=O)O)CC2)c2cc3[nH]ncc3cc2N1c1ccc(F)cc1.[CH3-].[Cr]. The number of hydrogen-bond donors (Lipinski definition) is 2. The number of rotatable bonds is 3. The maximum atomic E-state index is 13.6. The van der Waals surface area contributed by atoms with Crippen molar-refractivity contribution in [2.45, 2.75) is 51.1 Å². The quantitative estimate of drug-likeness (QED) is 0.314. The second kappa shape index (κ2) is 11.3. The van der Waals surface area contributed by atoms with E-state index in [-0.39, 0.29) is 42.1 Å². The van der Waals surface area contributed by atoms with Crippen LogP contribution in [0, 0.1) is 19.2 Å². The van der Waals surface area contributed by atoms with E-state index in [9.17, 15) is 14.3 Å². The average molecular weight is 518 g/mol. The van der Waals surface area contributed by atoms with Crippen LogP contribution in [0.3, 0.4) is 0 Å². The van der Waals surface area contributed by atoms with E-state index >= 15 is 0 Å². The van der Waals surface area contributed by atoms with Crippen LogP contribution in [0.2, 0.25) is 0 Å². The predicted molar refractivity (Wildman–Crippen MR) is 137 cm³/mol. The summed E-state index contributed by atoms with van der Waals surface area (Å²) in [6.45, 7) is 11.2. The van der Waals surface area contributed by atoms with Gasteiger partial charge in [-0.2, -0.15) is 5.10 Å². The van der Waals surface area contributed by atoms with Gasteiger partial charge in [-0.1, -0.05) is 0 Å². The molecule has 188 valence electrons. The number of carbonyl (C=O) groups is 1. The van der Waals surface area contributed by atoms with Crippen LogP contribution in [-0.4, -0.2) is 39.4 Å². The molecule has 1 saturated carbocycles. The second-order valence-corrected chi connectivity index (χ2v) is 9.39. The Labute approximate surface area is 218 Å². The van der Waals surface area contributed by atoms with Gasteiger partial charge in [0.1, 0.15) is 5.82 Å². The molecule has 0 amide bonds. The number of halogens is 1. The van der Waals surface area contributed by atoms with Crippen molar-refractivity contribution in [1.82, 2.24) is 10.2 Å². The van der Waals surface area contributed by atoms with Gasteiger partial charge in [0.25, 0.3) is 0 Å². The summed E-state index contributed by atoms with van der Waals surface area (Å²) in [6, 6.07) is 11.2. The van der Waals surface area contributed by atoms with Crippen LogP contribution < -0.4 is 9.80 Å². The Hall–Kier alpha value is -2.82. The molecule has 0 saturated heterocycles. The van der Waals surface area contributed by atoms with Crippen molar-refractivity contribution < 1.29 is 31.7 Å². The number of fused-ring (bicyclic) bond motifs is 2. The van der Waals surface area contributed by atoms with Gasteiger partial charge >= 0.3 is 5.97 Å². The largest absolute Gasteiger partial charge is 0.481 e. The van der Waals surface area contributed by atoms with E-state index in [1.165, 1.54) is 12.1 Å². The number of nitrogens with one attached hydrogen (secondary N) is 1. The van der Waals surface area contributed by atoms with Gasteiger partial charge < -0.3 is 22.3 Å². The number of benzene rings is 2. The fourth-order valence-corrected chi connectivity index (χ4v) is 5.31. The molecule has 2 N–H and O–H groups in total. The molecule has 6 nitrogen and oxygen atoms in total. The summed E-state index contributed by atoms with van der Waals surface area (Å²) in [7, 11) is 0. The normalized spacial score (nSPS) is 20.5. The molecule has 0 radical (unpaired) electrons. The Morgan fingerprint density at radius 1 is 1.11 bits per heavy atom. The van der Waals surface area contributed by atoms with Crippen molar-refractivity contribution in [2.24, 2.45) is 5.92 Å². The molecule has 1 aliphatic heterocycles. The summed E-state index contributed by atoms with van der Waals surface area (Å²) < 4.78 is 13.6. The van der Waals surface area contributed by atoms with E-state index in [2.05, 4.69) is 59.1 Å². The first-order chi connectivity index (χ1) is 15.8. The molecule has 0 bridgehead atoms. The molecule has 1 aromatic heterocycles. The zero-order valence-corrected chi connectivity index (χ0v) is 21.9. The number of nitrogens with zero attached hydrogens (tertiary/aromatic N) is 3. The maximum Gasteiger partial charge on any atom is 0.306 e. The van der Waals surface area contributed by atoms with E-state index in [1.54, 1.807) is 0 Å². The molecule has 2 aromatic carbocycles. The van der Waals surface area contributed by atoms with Gasteiger partial charge in [-0.15, -0.1) is 13.2 Å². The first-order valence-electron chi connectivity index (χ1n) is 11.4. The van der Waals surface area contributed by atoms with Crippen molar-refractivity contribution in [3.63, 3.8) is 0 Å². The molecule has 2 aliphatic rings. The minimum absolute atomic E-state index is 0. The Morgan fingerprint density at radius 2 is 1.74 bits per heavy atom. The van der Waals surface area contributed by atoms with Crippen LogP contribution in [0.4, 0.5) is 21.5 Å². The van der Waals surface area contributed by atoms with Crippen molar-refractivity contribution >= 4 is 33.9 Å². The Kier molecular flexibility index (Phi) is 9.16. The minimum Gasteiger partial charge on any atom is -0.481 e. The molecular formula is C27H34CrFN4O2-. The standard InChI is InChI=1S/C24H27FN4O2.C2H4.CH3.Cr/c1-24(2)14-28(18-7-3-15(4-8-18)23(30)31)21-12-20-16(13-26-27-20)11-22(21)29(24)19-9-5-17(25)6-10-19;1-2;;/h5-6,9-13,15,18H,3-4,7-8,14H2,1-2H3,(H,26,27)(H,30,31);1-2H2;1H3;/q;;-1;. The maximum absolute atomic E-state index is 13.6. The molecular weight excluding hydrogens is 483 g/mol. The number of H-pyrrole nitrogens is 1. The van der Waals surface area contributed by atoms with Crippen molar-refractivity contribution in [3.05, 3.63) is 69.0 Å². The number of anilines is 3. The third kappa shape index (κ3) is 5.39. The minimum atomic E-state index is -0.681. The van der Waals surface area contributed by atoms with Gasteiger partial charge in [0.15, 0.2) is 0 Å². The number of aliphatic carboxylic acids is 1. The van der Waals surface area contributed by atoms with Crippen LogP contribution in [0.5, 0.6) is 0 Å². The van der Waals surface area contributed by atoms with Crippen molar-refractivity contribution in [1.29, 1.82) is 0 Å². The van der Waals surface area contributed by atoms with Crippen LogP contribution >= 0.6 is 0 Å². The van der Waals surface area contributed by atoms with Crippen LogP contribution in [0.1, 0.15) is 39.5 Å². The van der Waals surface area contributed by atoms with Gasteiger partial charge in [0.2, 0.25) is 0 Å². The number of hydrogen-bond acceptors (Lipinski definition) is 4. The number of carboxylic acid groups (broad SMARTS) is 1.